The molecule has 0 radical (unpaired) electrons. The lowest BCUT2D eigenvalue weighted by molar-refractivity contribution is -0.119. The first-order valence-electron chi connectivity index (χ1n) is 12.1. The maximum atomic E-state index is 14.2. The molecule has 0 unspecified atom stereocenters. The van der Waals surface area contributed by atoms with Crippen LogP contribution in [0.25, 0.3) is 0 Å². The number of amides is 2. The van der Waals surface area contributed by atoms with Gasteiger partial charge in [0, 0.05) is 18.7 Å². The van der Waals surface area contributed by atoms with Gasteiger partial charge in [0.25, 0.3) is 5.91 Å². The molecular formula is C29H32N2O8. The van der Waals surface area contributed by atoms with Gasteiger partial charge in [-0.05, 0) is 47.5 Å². The van der Waals surface area contributed by atoms with E-state index in [1.165, 1.54) is 35.5 Å². The standard InChI is InChI=1S/C29H32N2O8/c1-31-27(16-8-10-22(36-4)23(12-16)37-5)26(18-14-24(38-6)25(39-7)15-19(18)29(31)33)28(32)30-20-13-17(34-2)9-11-21(20)35-3/h8-15,26-27H,1-7H3,(H,30,32)/t26-,27+/m1/s1. The Morgan fingerprint density at radius 2 is 1.31 bits per heavy atom. The van der Waals surface area contributed by atoms with Crippen molar-refractivity contribution in [1.82, 2.24) is 4.90 Å². The molecule has 2 atom stereocenters. The van der Waals surface area contributed by atoms with E-state index in [-0.39, 0.29) is 11.8 Å². The lowest BCUT2D eigenvalue weighted by Gasteiger charge is -2.40. The molecule has 1 N–H and O–H groups in total. The Balaban J connectivity index is 1.91. The van der Waals surface area contributed by atoms with Crippen molar-refractivity contribution in [2.24, 2.45) is 0 Å². The summed E-state index contributed by atoms with van der Waals surface area (Å²) in [6.45, 7) is 0. The molecule has 3 aromatic rings. The molecule has 0 aliphatic carbocycles. The van der Waals surface area contributed by atoms with E-state index in [1.54, 1.807) is 61.5 Å². The van der Waals surface area contributed by atoms with Crippen LogP contribution < -0.4 is 33.7 Å². The first kappa shape index (κ1) is 27.4. The van der Waals surface area contributed by atoms with Crippen molar-refractivity contribution in [3.05, 3.63) is 65.2 Å². The van der Waals surface area contributed by atoms with Gasteiger partial charge in [-0.3, -0.25) is 9.59 Å². The normalized spacial score (nSPS) is 16.2. The SMILES string of the molecule is COc1ccc(OC)c(NC(=O)[C@@H]2c3cc(OC)c(OC)cc3C(=O)N(C)[C@H]2c2ccc(OC)c(OC)c2)c1. The summed E-state index contributed by atoms with van der Waals surface area (Å²) in [6.07, 6.45) is 0. The number of carbonyl (C=O) groups is 2. The predicted molar refractivity (Wildman–Crippen MR) is 145 cm³/mol. The summed E-state index contributed by atoms with van der Waals surface area (Å²) < 4.78 is 32.7. The Labute approximate surface area is 227 Å². The van der Waals surface area contributed by atoms with Gasteiger partial charge in [0.2, 0.25) is 5.91 Å². The lowest BCUT2D eigenvalue weighted by atomic mass is 9.79. The van der Waals surface area contributed by atoms with Crippen molar-refractivity contribution in [2.75, 3.05) is 55.0 Å². The highest BCUT2D eigenvalue weighted by Crippen LogP contribution is 2.47. The minimum Gasteiger partial charge on any atom is -0.497 e. The van der Waals surface area contributed by atoms with E-state index in [0.29, 0.717) is 56.9 Å². The Bertz CT molecular complexity index is 1390. The molecule has 0 bridgehead atoms. The number of hydrogen-bond acceptors (Lipinski definition) is 8. The van der Waals surface area contributed by atoms with E-state index in [4.69, 9.17) is 28.4 Å². The van der Waals surface area contributed by atoms with Gasteiger partial charge >= 0.3 is 0 Å². The van der Waals surface area contributed by atoms with E-state index in [2.05, 4.69) is 5.32 Å². The molecule has 3 aromatic carbocycles. The zero-order valence-corrected chi connectivity index (χ0v) is 23.0. The molecule has 1 aliphatic heterocycles. The molecule has 2 amide bonds. The molecule has 206 valence electrons. The molecule has 0 aromatic heterocycles. The van der Waals surface area contributed by atoms with Crippen molar-refractivity contribution in [3.63, 3.8) is 0 Å². The molecule has 1 heterocycles. The highest BCUT2D eigenvalue weighted by Gasteiger charge is 2.44. The number of nitrogens with one attached hydrogen (secondary N) is 1. The second-order valence-corrected chi connectivity index (χ2v) is 8.80. The predicted octanol–water partition coefficient (Wildman–Crippen LogP) is 4.29. The van der Waals surface area contributed by atoms with Crippen molar-refractivity contribution in [3.8, 4) is 34.5 Å². The van der Waals surface area contributed by atoms with Crippen LogP contribution in [-0.4, -0.2) is 66.4 Å². The van der Waals surface area contributed by atoms with E-state index in [0.717, 1.165) is 0 Å². The van der Waals surface area contributed by atoms with Crippen LogP contribution in [0, 0.1) is 0 Å². The molecule has 0 saturated heterocycles. The summed E-state index contributed by atoms with van der Waals surface area (Å²) in [5.74, 6) is 1.31. The quantitative estimate of drug-likeness (QED) is 0.432. The summed E-state index contributed by atoms with van der Waals surface area (Å²) in [7, 11) is 10.8. The van der Waals surface area contributed by atoms with Gasteiger partial charge in [-0.25, -0.2) is 0 Å². The monoisotopic (exact) mass is 536 g/mol. The number of hydrogen-bond donors (Lipinski definition) is 1. The molecular weight excluding hydrogens is 504 g/mol. The summed E-state index contributed by atoms with van der Waals surface area (Å²) in [6, 6.07) is 13.0. The zero-order chi connectivity index (χ0) is 28.3. The number of rotatable bonds is 9. The second-order valence-electron chi connectivity index (χ2n) is 8.80. The van der Waals surface area contributed by atoms with Crippen molar-refractivity contribution < 1.29 is 38.0 Å². The fourth-order valence-corrected chi connectivity index (χ4v) is 4.91. The average molecular weight is 537 g/mol. The highest BCUT2D eigenvalue weighted by molar-refractivity contribution is 6.05. The minimum atomic E-state index is -0.850. The van der Waals surface area contributed by atoms with Crippen LogP contribution in [0.3, 0.4) is 0 Å². The van der Waals surface area contributed by atoms with Crippen LogP contribution in [0.2, 0.25) is 0 Å². The summed E-state index contributed by atoms with van der Waals surface area (Å²) in [4.78, 5) is 29.4. The maximum Gasteiger partial charge on any atom is 0.254 e. The van der Waals surface area contributed by atoms with Crippen molar-refractivity contribution >= 4 is 17.5 Å². The number of likely N-dealkylation sites (N-methyl/N-ethyl adjacent to an activating group) is 1. The van der Waals surface area contributed by atoms with Gasteiger partial charge in [-0.2, -0.15) is 0 Å². The van der Waals surface area contributed by atoms with Gasteiger partial charge in [0.05, 0.1) is 60.3 Å². The molecule has 0 fully saturated rings. The number of nitrogens with zero attached hydrogens (tertiary/aromatic N) is 1. The summed E-state index contributed by atoms with van der Waals surface area (Å²) >= 11 is 0. The topological polar surface area (TPSA) is 105 Å². The molecule has 10 heteroatoms. The number of ether oxygens (including phenoxy) is 6. The average Bonchev–Trinajstić information content (AvgIpc) is 2.97. The Morgan fingerprint density at radius 1 is 0.718 bits per heavy atom. The largest absolute Gasteiger partial charge is 0.497 e. The van der Waals surface area contributed by atoms with Crippen molar-refractivity contribution in [2.45, 2.75) is 12.0 Å². The fourth-order valence-electron chi connectivity index (χ4n) is 4.91. The van der Waals surface area contributed by atoms with Crippen LogP contribution in [0.4, 0.5) is 5.69 Å². The maximum absolute atomic E-state index is 14.2. The van der Waals surface area contributed by atoms with Crippen molar-refractivity contribution in [1.29, 1.82) is 0 Å². The number of methoxy groups -OCH3 is 6. The Kier molecular flexibility index (Phi) is 8.04. The van der Waals surface area contributed by atoms with E-state index in [9.17, 15) is 9.59 Å². The number of fused-ring (bicyclic) bond motifs is 1. The fraction of sp³-hybridized carbons (Fsp3) is 0.310. The molecule has 39 heavy (non-hydrogen) atoms. The highest BCUT2D eigenvalue weighted by atomic mass is 16.5. The summed E-state index contributed by atoms with van der Waals surface area (Å²) in [5.41, 5.74) is 1.94. The van der Waals surface area contributed by atoms with Gasteiger partial charge in [-0.1, -0.05) is 6.07 Å². The van der Waals surface area contributed by atoms with Gasteiger partial charge in [0.1, 0.15) is 11.5 Å². The van der Waals surface area contributed by atoms with E-state index in [1.807, 2.05) is 6.07 Å². The molecule has 1 aliphatic rings. The molecule has 0 spiro atoms. The van der Waals surface area contributed by atoms with Crippen LogP contribution >= 0.6 is 0 Å². The van der Waals surface area contributed by atoms with Gasteiger partial charge in [-0.15, -0.1) is 0 Å². The zero-order valence-electron chi connectivity index (χ0n) is 23.0. The molecule has 0 saturated carbocycles. The van der Waals surface area contributed by atoms with Crippen LogP contribution in [-0.2, 0) is 4.79 Å². The first-order chi connectivity index (χ1) is 18.8. The number of carbonyl (C=O) groups excluding carboxylic acids is 2. The summed E-state index contributed by atoms with van der Waals surface area (Å²) in [5, 5.41) is 2.99. The Hall–Kier alpha value is -4.60. The third-order valence-corrected chi connectivity index (χ3v) is 6.87. The molecule has 4 rings (SSSR count). The second kappa shape index (κ2) is 11.4. The van der Waals surface area contributed by atoms with Crippen LogP contribution in [0.1, 0.15) is 33.4 Å². The van der Waals surface area contributed by atoms with Crippen LogP contribution in [0.5, 0.6) is 34.5 Å². The van der Waals surface area contributed by atoms with Crippen LogP contribution in [0.15, 0.2) is 48.5 Å². The molecule has 10 nitrogen and oxygen atoms in total. The lowest BCUT2D eigenvalue weighted by Crippen LogP contribution is -2.44. The third-order valence-electron chi connectivity index (χ3n) is 6.87. The number of benzene rings is 3. The smallest absolute Gasteiger partial charge is 0.254 e. The Morgan fingerprint density at radius 3 is 1.92 bits per heavy atom. The van der Waals surface area contributed by atoms with E-state index >= 15 is 0 Å². The van der Waals surface area contributed by atoms with E-state index < -0.39 is 12.0 Å². The number of anilines is 1. The van der Waals surface area contributed by atoms with Gasteiger partial charge < -0.3 is 38.6 Å². The first-order valence-corrected chi connectivity index (χ1v) is 12.1. The third kappa shape index (κ3) is 4.97. The van der Waals surface area contributed by atoms with Gasteiger partial charge in [0.15, 0.2) is 23.0 Å². The minimum absolute atomic E-state index is 0.270.